The first-order chi connectivity index (χ1) is 14.0. The molecular weight excluding hydrogens is 364 g/mol. The number of carbonyl (C=O) groups excluding carboxylic acids is 1. The number of nitrogens with one attached hydrogen (secondary N) is 1. The Morgan fingerprint density at radius 1 is 0.931 bits per heavy atom. The van der Waals surface area contributed by atoms with Gasteiger partial charge in [0.25, 0.3) is 0 Å². The molecule has 0 unspecified atom stereocenters. The number of nitrogens with zero attached hydrogens (tertiary/aromatic N) is 3. The van der Waals surface area contributed by atoms with Gasteiger partial charge in [-0.25, -0.2) is 0 Å². The lowest BCUT2D eigenvalue weighted by Crippen LogP contribution is -2.49. The molecule has 2 aromatic rings. The van der Waals surface area contributed by atoms with Crippen LogP contribution in [0.3, 0.4) is 0 Å². The Labute approximate surface area is 174 Å². The summed E-state index contributed by atoms with van der Waals surface area (Å²) in [5, 5.41) is 3.04. The molecule has 0 saturated carbocycles. The number of rotatable bonds is 8. The first-order valence-electron chi connectivity index (χ1n) is 10.1. The van der Waals surface area contributed by atoms with Crippen LogP contribution in [0.4, 0.5) is 5.69 Å². The van der Waals surface area contributed by atoms with Gasteiger partial charge in [0.05, 0.1) is 13.7 Å². The predicted octanol–water partition coefficient (Wildman–Crippen LogP) is 2.20. The van der Waals surface area contributed by atoms with Crippen molar-refractivity contribution >= 4 is 11.6 Å². The van der Waals surface area contributed by atoms with Crippen LogP contribution < -0.4 is 15.0 Å². The van der Waals surface area contributed by atoms with Crippen molar-refractivity contribution in [3.8, 4) is 5.75 Å². The van der Waals surface area contributed by atoms with E-state index in [9.17, 15) is 4.79 Å². The maximum atomic E-state index is 12.3. The van der Waals surface area contributed by atoms with Crippen molar-refractivity contribution in [2.24, 2.45) is 0 Å². The van der Waals surface area contributed by atoms with Crippen molar-refractivity contribution in [1.29, 1.82) is 0 Å². The number of ether oxygens (including phenoxy) is 1. The summed E-state index contributed by atoms with van der Waals surface area (Å²) >= 11 is 0. The zero-order chi connectivity index (χ0) is 20.6. The summed E-state index contributed by atoms with van der Waals surface area (Å²) in [5.41, 5.74) is 3.57. The lowest BCUT2D eigenvalue weighted by atomic mass is 10.2. The molecule has 0 aromatic heterocycles. The van der Waals surface area contributed by atoms with E-state index in [0.717, 1.165) is 49.7 Å². The van der Waals surface area contributed by atoms with Gasteiger partial charge in [0, 0.05) is 59.1 Å². The SMILES string of the molecule is COc1ccc(CN2CCN(CC(=O)NCc3ccc(N(C)C)cc3)CC2)cc1. The van der Waals surface area contributed by atoms with Crippen molar-refractivity contribution in [3.05, 3.63) is 59.7 Å². The van der Waals surface area contributed by atoms with Gasteiger partial charge in [-0.2, -0.15) is 0 Å². The molecule has 0 bridgehead atoms. The number of piperazine rings is 1. The van der Waals surface area contributed by atoms with Crippen LogP contribution in [-0.4, -0.2) is 69.6 Å². The van der Waals surface area contributed by atoms with Crippen molar-refractivity contribution in [2.45, 2.75) is 13.1 Å². The molecule has 29 heavy (non-hydrogen) atoms. The van der Waals surface area contributed by atoms with E-state index in [2.05, 4.69) is 56.4 Å². The molecule has 1 saturated heterocycles. The van der Waals surface area contributed by atoms with Gasteiger partial charge in [0.2, 0.25) is 5.91 Å². The summed E-state index contributed by atoms with van der Waals surface area (Å²) in [5.74, 6) is 0.975. The van der Waals surface area contributed by atoms with Crippen LogP contribution in [0.25, 0.3) is 0 Å². The maximum absolute atomic E-state index is 12.3. The number of anilines is 1. The Kier molecular flexibility index (Phi) is 7.49. The van der Waals surface area contributed by atoms with Crippen LogP contribution in [-0.2, 0) is 17.9 Å². The summed E-state index contributed by atoms with van der Waals surface area (Å²) in [6.45, 7) is 5.77. The van der Waals surface area contributed by atoms with E-state index in [0.29, 0.717) is 13.1 Å². The fourth-order valence-electron chi connectivity index (χ4n) is 3.47. The summed E-state index contributed by atoms with van der Waals surface area (Å²) in [6.07, 6.45) is 0. The third-order valence-corrected chi connectivity index (χ3v) is 5.34. The molecule has 1 heterocycles. The van der Waals surface area contributed by atoms with E-state index in [1.54, 1.807) is 7.11 Å². The van der Waals surface area contributed by atoms with Crippen molar-refractivity contribution in [2.75, 3.05) is 58.8 Å². The summed E-state index contributed by atoms with van der Waals surface area (Å²) in [4.78, 5) is 19.0. The zero-order valence-corrected chi connectivity index (χ0v) is 17.7. The lowest BCUT2D eigenvalue weighted by Gasteiger charge is -2.34. The van der Waals surface area contributed by atoms with E-state index < -0.39 is 0 Å². The number of benzene rings is 2. The molecule has 1 fully saturated rings. The minimum atomic E-state index is 0.0882. The van der Waals surface area contributed by atoms with Gasteiger partial charge in [-0.1, -0.05) is 24.3 Å². The van der Waals surface area contributed by atoms with E-state index in [1.807, 2.05) is 26.2 Å². The van der Waals surface area contributed by atoms with Gasteiger partial charge in [-0.05, 0) is 35.4 Å². The van der Waals surface area contributed by atoms with Crippen LogP contribution in [0.1, 0.15) is 11.1 Å². The molecule has 1 aliphatic heterocycles. The van der Waals surface area contributed by atoms with E-state index >= 15 is 0 Å². The second-order valence-corrected chi connectivity index (χ2v) is 7.74. The number of carbonyl (C=O) groups is 1. The van der Waals surface area contributed by atoms with Gasteiger partial charge in [-0.3, -0.25) is 14.6 Å². The molecule has 0 aliphatic carbocycles. The normalized spacial score (nSPS) is 15.1. The quantitative estimate of drug-likeness (QED) is 0.741. The summed E-state index contributed by atoms with van der Waals surface area (Å²) in [6, 6.07) is 16.5. The Bertz CT molecular complexity index is 766. The molecule has 0 spiro atoms. The molecule has 0 radical (unpaired) electrons. The average molecular weight is 397 g/mol. The smallest absolute Gasteiger partial charge is 0.234 e. The van der Waals surface area contributed by atoms with Gasteiger partial charge in [-0.15, -0.1) is 0 Å². The first-order valence-corrected chi connectivity index (χ1v) is 10.1. The van der Waals surface area contributed by atoms with Gasteiger partial charge in [0.15, 0.2) is 0 Å². The molecule has 0 atom stereocenters. The summed E-state index contributed by atoms with van der Waals surface area (Å²) in [7, 11) is 5.73. The monoisotopic (exact) mass is 396 g/mol. The lowest BCUT2D eigenvalue weighted by molar-refractivity contribution is -0.122. The Balaban J connectivity index is 1.36. The molecule has 3 rings (SSSR count). The number of hydrogen-bond acceptors (Lipinski definition) is 5. The van der Waals surface area contributed by atoms with Crippen molar-refractivity contribution in [3.63, 3.8) is 0 Å². The Morgan fingerprint density at radius 3 is 2.10 bits per heavy atom. The van der Waals surface area contributed by atoms with Crippen LogP contribution >= 0.6 is 0 Å². The minimum Gasteiger partial charge on any atom is -0.497 e. The number of methoxy groups -OCH3 is 1. The Morgan fingerprint density at radius 2 is 1.52 bits per heavy atom. The molecular formula is C23H32N4O2. The highest BCUT2D eigenvalue weighted by Gasteiger charge is 2.19. The van der Waals surface area contributed by atoms with E-state index in [4.69, 9.17) is 4.74 Å². The maximum Gasteiger partial charge on any atom is 0.234 e. The highest BCUT2D eigenvalue weighted by Crippen LogP contribution is 2.14. The fourth-order valence-corrected chi connectivity index (χ4v) is 3.47. The average Bonchev–Trinajstić information content (AvgIpc) is 2.74. The van der Waals surface area contributed by atoms with E-state index in [1.165, 1.54) is 5.56 Å². The van der Waals surface area contributed by atoms with Gasteiger partial charge in [0.1, 0.15) is 5.75 Å². The zero-order valence-electron chi connectivity index (χ0n) is 17.7. The highest BCUT2D eigenvalue weighted by atomic mass is 16.5. The molecule has 156 valence electrons. The molecule has 1 aliphatic rings. The first kappa shape index (κ1) is 21.1. The predicted molar refractivity (Wildman–Crippen MR) is 117 cm³/mol. The van der Waals surface area contributed by atoms with Crippen molar-refractivity contribution < 1.29 is 9.53 Å². The third kappa shape index (κ3) is 6.48. The molecule has 6 nitrogen and oxygen atoms in total. The molecule has 2 aromatic carbocycles. The largest absolute Gasteiger partial charge is 0.497 e. The third-order valence-electron chi connectivity index (χ3n) is 5.34. The van der Waals surface area contributed by atoms with Crippen LogP contribution in [0.5, 0.6) is 5.75 Å². The van der Waals surface area contributed by atoms with Crippen molar-refractivity contribution in [1.82, 2.24) is 15.1 Å². The summed E-state index contributed by atoms with van der Waals surface area (Å²) < 4.78 is 5.21. The van der Waals surface area contributed by atoms with Crippen LogP contribution in [0, 0.1) is 0 Å². The van der Waals surface area contributed by atoms with Crippen LogP contribution in [0.2, 0.25) is 0 Å². The Hall–Kier alpha value is -2.57. The standard InChI is InChI=1S/C23H32N4O2/c1-25(2)21-8-4-19(5-9-21)16-24-23(28)18-27-14-12-26(13-15-27)17-20-6-10-22(29-3)11-7-20/h4-11H,12-18H2,1-3H3,(H,24,28). The number of amides is 1. The van der Waals surface area contributed by atoms with E-state index in [-0.39, 0.29) is 5.91 Å². The van der Waals surface area contributed by atoms with Gasteiger partial charge >= 0.3 is 0 Å². The second-order valence-electron chi connectivity index (χ2n) is 7.74. The minimum absolute atomic E-state index is 0.0882. The van der Waals surface area contributed by atoms with Crippen LogP contribution in [0.15, 0.2) is 48.5 Å². The van der Waals surface area contributed by atoms with Gasteiger partial charge < -0.3 is 15.0 Å². The second kappa shape index (κ2) is 10.3. The number of hydrogen-bond donors (Lipinski definition) is 1. The fraction of sp³-hybridized carbons (Fsp3) is 0.435. The molecule has 6 heteroatoms. The molecule has 1 amide bonds. The highest BCUT2D eigenvalue weighted by molar-refractivity contribution is 5.78. The molecule has 1 N–H and O–H groups in total. The topological polar surface area (TPSA) is 48.1 Å².